The van der Waals surface area contributed by atoms with Crippen molar-refractivity contribution in [2.24, 2.45) is 0 Å². The van der Waals surface area contributed by atoms with E-state index >= 15 is 0 Å². The maximum atomic E-state index is 3.50. The molecule has 4 aromatic carbocycles. The van der Waals surface area contributed by atoms with Crippen LogP contribution in [0.3, 0.4) is 0 Å². The first kappa shape index (κ1) is 34.5. The topological polar surface area (TPSA) is 0 Å². The molecule has 41 heavy (non-hydrogen) atoms. The van der Waals surface area contributed by atoms with Crippen molar-refractivity contribution in [2.75, 3.05) is 0 Å². The van der Waals surface area contributed by atoms with Crippen molar-refractivity contribution < 1.29 is 51.0 Å². The normalized spacial score (nSPS) is 13.4. The van der Waals surface area contributed by atoms with Crippen LogP contribution < -0.4 is 24.8 Å². The van der Waals surface area contributed by atoms with Gasteiger partial charge in [-0.2, -0.15) is 12.2 Å². The number of allylic oxidation sites excluding steroid dienone is 8. The second-order valence-corrected chi connectivity index (χ2v) is 10.1. The first-order valence-electron chi connectivity index (χ1n) is 13.4. The minimum atomic E-state index is -0.116. The first-order chi connectivity index (χ1) is 18.6. The van der Waals surface area contributed by atoms with Gasteiger partial charge in [0, 0.05) is 10.8 Å². The Kier molecular flexibility index (Phi) is 13.5. The summed E-state index contributed by atoms with van der Waals surface area (Å²) in [6, 6.07) is 42.7. The number of rotatable bonds is 6. The third kappa shape index (κ3) is 7.39. The van der Waals surface area contributed by atoms with E-state index in [1.165, 1.54) is 33.4 Å². The summed E-state index contributed by atoms with van der Waals surface area (Å²) >= 11 is 0. The van der Waals surface area contributed by atoms with Gasteiger partial charge in [-0.1, -0.05) is 135 Å². The molecule has 0 unspecified atom stereocenters. The van der Waals surface area contributed by atoms with Gasteiger partial charge in [0.2, 0.25) is 0 Å². The summed E-state index contributed by atoms with van der Waals surface area (Å²) in [7, 11) is 0. The number of benzene rings is 4. The predicted octanol–water partition coefficient (Wildman–Crippen LogP) is 3.37. The van der Waals surface area contributed by atoms with E-state index in [0.717, 1.165) is 12.8 Å². The van der Waals surface area contributed by atoms with E-state index in [2.05, 4.69) is 172 Å². The number of hydrogen-bond acceptors (Lipinski definition) is 0. The van der Waals surface area contributed by atoms with Crippen molar-refractivity contribution in [2.45, 2.75) is 37.5 Å². The molecule has 2 aliphatic carbocycles. The van der Waals surface area contributed by atoms with Crippen molar-refractivity contribution in [1.29, 1.82) is 0 Å². The van der Waals surface area contributed by atoms with E-state index in [-0.39, 0.29) is 61.8 Å². The largest absolute Gasteiger partial charge is 4.00 e. The Morgan fingerprint density at radius 3 is 0.878 bits per heavy atom. The molecule has 2 aliphatic rings. The minimum Gasteiger partial charge on any atom is -1.00 e. The molecule has 0 aliphatic heterocycles. The molecule has 0 saturated carbocycles. The van der Waals surface area contributed by atoms with Crippen LogP contribution in [0.2, 0.25) is 0 Å². The molecule has 6 rings (SSSR count). The van der Waals surface area contributed by atoms with Crippen LogP contribution in [-0.2, 0) is 37.0 Å². The van der Waals surface area contributed by atoms with Gasteiger partial charge < -0.3 is 24.8 Å². The van der Waals surface area contributed by atoms with E-state index in [9.17, 15) is 0 Å². The summed E-state index contributed by atoms with van der Waals surface area (Å²) in [5.74, 6) is 0. The molecule has 0 radical (unpaired) electrons. The molecule has 0 amide bonds. The molecule has 0 nitrogen and oxygen atoms in total. The van der Waals surface area contributed by atoms with E-state index < -0.39 is 0 Å². The van der Waals surface area contributed by atoms with Gasteiger partial charge in [0.05, 0.1) is 0 Å². The zero-order valence-electron chi connectivity index (χ0n) is 23.5. The Morgan fingerprint density at radius 1 is 0.439 bits per heavy atom. The van der Waals surface area contributed by atoms with Crippen molar-refractivity contribution in [3.63, 3.8) is 0 Å². The second-order valence-electron chi connectivity index (χ2n) is 10.1. The molecule has 3 heteroatoms. The average molecular weight is 653 g/mol. The standard InChI is InChI=1S/2C19H17.2ClH.Zr/c2*1-19(18-14-8-9-15-18,16-10-4-2-5-11-16)17-12-6-3-7-13-17;;;/h2*2-8,10-14H,9H2,1H3;2*1H;/q2*-1;;;+4/p-2. The molecule has 0 N–H and O–H groups in total. The molecule has 0 spiro atoms. The molecule has 0 fully saturated rings. The quantitative estimate of drug-likeness (QED) is 0.281. The van der Waals surface area contributed by atoms with Gasteiger partial charge in [-0.25, -0.2) is 23.3 Å². The van der Waals surface area contributed by atoms with Gasteiger partial charge in [-0.05, 0) is 22.3 Å². The van der Waals surface area contributed by atoms with E-state index in [4.69, 9.17) is 0 Å². The Hall–Kier alpha value is -2.70. The van der Waals surface area contributed by atoms with Crippen molar-refractivity contribution >= 4 is 0 Å². The van der Waals surface area contributed by atoms with Crippen LogP contribution >= 0.6 is 0 Å². The summed E-state index contributed by atoms with van der Waals surface area (Å²) in [6.45, 7) is 4.57. The van der Waals surface area contributed by atoms with Crippen LogP contribution in [0.1, 0.15) is 48.9 Å². The van der Waals surface area contributed by atoms with Gasteiger partial charge in [0.15, 0.2) is 0 Å². The van der Waals surface area contributed by atoms with Gasteiger partial charge in [0.1, 0.15) is 0 Å². The molecular weight excluding hydrogens is 619 g/mol. The Morgan fingerprint density at radius 2 is 0.683 bits per heavy atom. The smallest absolute Gasteiger partial charge is 1.00 e. The maximum absolute atomic E-state index is 3.50. The third-order valence-electron chi connectivity index (χ3n) is 7.87. The summed E-state index contributed by atoms with van der Waals surface area (Å²) in [5.41, 5.74) is 7.57. The van der Waals surface area contributed by atoms with Crippen molar-refractivity contribution in [1.82, 2.24) is 0 Å². The van der Waals surface area contributed by atoms with Crippen LogP contribution in [0.5, 0.6) is 0 Å². The molecule has 0 bridgehead atoms. The van der Waals surface area contributed by atoms with E-state index in [1.807, 2.05) is 0 Å². The number of halogens is 2. The fourth-order valence-corrected chi connectivity index (χ4v) is 5.54. The van der Waals surface area contributed by atoms with Crippen molar-refractivity contribution in [3.8, 4) is 0 Å². The van der Waals surface area contributed by atoms with Gasteiger partial charge in [-0.15, -0.1) is 12.8 Å². The van der Waals surface area contributed by atoms with E-state index in [0.29, 0.717) is 0 Å². The van der Waals surface area contributed by atoms with Crippen molar-refractivity contribution in [3.05, 3.63) is 191 Å². The van der Waals surface area contributed by atoms with Crippen LogP contribution in [-0.4, -0.2) is 0 Å². The van der Waals surface area contributed by atoms with Crippen LogP contribution in [0.25, 0.3) is 0 Å². The van der Waals surface area contributed by atoms with Gasteiger partial charge in [0.25, 0.3) is 0 Å². The fraction of sp³-hybridized carbons (Fsp3) is 0.158. The van der Waals surface area contributed by atoms with Crippen LogP contribution in [0.4, 0.5) is 0 Å². The first-order valence-corrected chi connectivity index (χ1v) is 13.4. The minimum absolute atomic E-state index is 0. The zero-order chi connectivity index (χ0) is 26.3. The molecule has 4 aromatic rings. The summed E-state index contributed by atoms with van der Waals surface area (Å²) < 4.78 is 0. The molecule has 0 aromatic heterocycles. The molecule has 204 valence electrons. The van der Waals surface area contributed by atoms with Gasteiger partial charge >= 0.3 is 26.2 Å². The van der Waals surface area contributed by atoms with Crippen LogP contribution in [0, 0.1) is 12.2 Å². The third-order valence-corrected chi connectivity index (χ3v) is 7.87. The Labute approximate surface area is 278 Å². The summed E-state index contributed by atoms with van der Waals surface area (Å²) in [6.07, 6.45) is 17.6. The van der Waals surface area contributed by atoms with Crippen LogP contribution in [0.15, 0.2) is 157 Å². The molecule has 0 atom stereocenters. The van der Waals surface area contributed by atoms with E-state index in [1.54, 1.807) is 0 Å². The second kappa shape index (κ2) is 16.1. The average Bonchev–Trinajstić information content (AvgIpc) is 3.75. The Bertz CT molecular complexity index is 1260. The number of hydrogen-bond donors (Lipinski definition) is 0. The SMILES string of the molecule is CC(C1=[C-]CC=C1)(c1ccccc1)c1ccccc1.CC(C1=[C-]CC=C1)(c1ccccc1)c1ccccc1.[Cl-].[Cl-].[Zr+4]. The predicted molar refractivity (Wildman–Crippen MR) is 160 cm³/mol. The Balaban J connectivity index is 0.000000267. The maximum Gasteiger partial charge on any atom is 4.00 e. The summed E-state index contributed by atoms with van der Waals surface area (Å²) in [5, 5.41) is 0. The fourth-order valence-electron chi connectivity index (χ4n) is 5.54. The monoisotopic (exact) mass is 650 g/mol. The molecular formula is C38H34Cl2Zr. The zero-order valence-corrected chi connectivity index (χ0v) is 27.5. The molecule has 0 saturated heterocycles. The summed E-state index contributed by atoms with van der Waals surface area (Å²) in [4.78, 5) is 0. The molecule has 0 heterocycles. The van der Waals surface area contributed by atoms with Gasteiger partial charge in [-0.3, -0.25) is 12.2 Å².